The van der Waals surface area contributed by atoms with Gasteiger partial charge in [0.1, 0.15) is 5.82 Å². The van der Waals surface area contributed by atoms with Crippen molar-refractivity contribution in [1.82, 2.24) is 4.90 Å². The van der Waals surface area contributed by atoms with Crippen LogP contribution < -0.4 is 0 Å². The standard InChI is InChI=1S/C15H22FNO2/c1-4-15(11-14(18)19,17(5-2)6-3)12-8-7-9-13(16)10-12/h7-10H,4-6,11H2,1-3H3,(H,18,19). The third kappa shape index (κ3) is 3.32. The molecule has 0 heterocycles. The van der Waals surface area contributed by atoms with Crippen LogP contribution >= 0.6 is 0 Å². The topological polar surface area (TPSA) is 40.5 Å². The number of nitrogens with zero attached hydrogens (tertiary/aromatic N) is 1. The molecule has 1 rings (SSSR count). The summed E-state index contributed by atoms with van der Waals surface area (Å²) in [6.45, 7) is 7.40. The molecule has 1 N–H and O–H groups in total. The molecule has 1 aromatic rings. The number of halogens is 1. The maximum absolute atomic E-state index is 13.5. The Morgan fingerprint density at radius 2 is 1.95 bits per heavy atom. The van der Waals surface area contributed by atoms with Crippen LogP contribution in [0.25, 0.3) is 0 Å². The van der Waals surface area contributed by atoms with Crippen LogP contribution in [0.4, 0.5) is 4.39 Å². The first-order chi connectivity index (χ1) is 9.00. The zero-order chi connectivity index (χ0) is 14.5. The Kier molecular flexibility index (Phi) is 5.48. The SMILES string of the molecule is CCN(CC)C(CC)(CC(=O)O)c1cccc(F)c1. The van der Waals surface area contributed by atoms with Gasteiger partial charge in [0.15, 0.2) is 0 Å². The first-order valence-electron chi connectivity index (χ1n) is 6.73. The number of rotatable bonds is 7. The Bertz CT molecular complexity index is 432. The van der Waals surface area contributed by atoms with Gasteiger partial charge < -0.3 is 5.11 Å². The molecule has 0 bridgehead atoms. The fourth-order valence-corrected chi connectivity index (χ4v) is 2.81. The van der Waals surface area contributed by atoms with Crippen LogP contribution in [0.15, 0.2) is 24.3 Å². The molecule has 0 fully saturated rings. The Balaban J connectivity index is 3.34. The summed E-state index contributed by atoms with van der Waals surface area (Å²) >= 11 is 0. The molecule has 0 saturated carbocycles. The molecule has 0 radical (unpaired) electrons. The van der Waals surface area contributed by atoms with E-state index in [2.05, 4.69) is 4.90 Å². The van der Waals surface area contributed by atoms with Crippen molar-refractivity contribution >= 4 is 5.97 Å². The normalized spacial score (nSPS) is 14.4. The number of carbonyl (C=O) groups is 1. The zero-order valence-corrected chi connectivity index (χ0v) is 11.8. The molecule has 4 heteroatoms. The van der Waals surface area contributed by atoms with Gasteiger partial charge in [-0.15, -0.1) is 0 Å². The van der Waals surface area contributed by atoms with Crippen molar-refractivity contribution in [3.63, 3.8) is 0 Å². The van der Waals surface area contributed by atoms with Gasteiger partial charge in [-0.25, -0.2) is 4.39 Å². The van der Waals surface area contributed by atoms with Crippen LogP contribution in [-0.4, -0.2) is 29.1 Å². The van der Waals surface area contributed by atoms with E-state index in [0.29, 0.717) is 6.42 Å². The van der Waals surface area contributed by atoms with Crippen LogP contribution in [0.2, 0.25) is 0 Å². The summed E-state index contributed by atoms with van der Waals surface area (Å²) in [6, 6.07) is 6.28. The summed E-state index contributed by atoms with van der Waals surface area (Å²) in [5.41, 5.74) is 0.0957. The van der Waals surface area contributed by atoms with Crippen molar-refractivity contribution in [2.24, 2.45) is 0 Å². The van der Waals surface area contributed by atoms with Gasteiger partial charge >= 0.3 is 5.97 Å². The lowest BCUT2D eigenvalue weighted by Crippen LogP contribution is -2.47. The Morgan fingerprint density at radius 3 is 2.37 bits per heavy atom. The first-order valence-corrected chi connectivity index (χ1v) is 6.73. The second kappa shape index (κ2) is 6.66. The first kappa shape index (κ1) is 15.6. The molecule has 0 aliphatic heterocycles. The van der Waals surface area contributed by atoms with Gasteiger partial charge in [-0.3, -0.25) is 9.69 Å². The third-order valence-corrected chi connectivity index (χ3v) is 3.76. The maximum atomic E-state index is 13.5. The molecule has 0 aliphatic rings. The second-order valence-corrected chi connectivity index (χ2v) is 4.64. The summed E-state index contributed by atoms with van der Waals surface area (Å²) in [5, 5.41) is 9.23. The third-order valence-electron chi connectivity index (χ3n) is 3.76. The molecule has 0 aromatic heterocycles. The van der Waals surface area contributed by atoms with Crippen LogP contribution in [-0.2, 0) is 10.3 Å². The van der Waals surface area contributed by atoms with Crippen LogP contribution in [0.5, 0.6) is 0 Å². The highest BCUT2D eigenvalue weighted by Gasteiger charge is 2.37. The predicted octanol–water partition coefficient (Wildman–Crippen LogP) is 3.25. The molecular formula is C15H22FNO2. The van der Waals surface area contributed by atoms with E-state index in [1.54, 1.807) is 6.07 Å². The summed E-state index contributed by atoms with van der Waals surface area (Å²) in [6.07, 6.45) is 0.610. The number of hydrogen-bond donors (Lipinski definition) is 1. The Morgan fingerprint density at radius 1 is 1.32 bits per heavy atom. The molecule has 3 nitrogen and oxygen atoms in total. The van der Waals surface area contributed by atoms with Crippen molar-refractivity contribution in [3.05, 3.63) is 35.6 Å². The maximum Gasteiger partial charge on any atom is 0.305 e. The molecule has 0 saturated heterocycles. The Hall–Kier alpha value is -1.42. The summed E-state index contributed by atoms with van der Waals surface area (Å²) in [4.78, 5) is 13.3. The predicted molar refractivity (Wildman–Crippen MR) is 73.5 cm³/mol. The fourth-order valence-electron chi connectivity index (χ4n) is 2.81. The Labute approximate surface area is 114 Å². The van der Waals surface area contributed by atoms with Gasteiger partial charge in [-0.05, 0) is 37.2 Å². The number of aliphatic carboxylic acids is 1. The van der Waals surface area contributed by atoms with Crippen molar-refractivity contribution in [3.8, 4) is 0 Å². The smallest absolute Gasteiger partial charge is 0.305 e. The monoisotopic (exact) mass is 267 g/mol. The molecule has 106 valence electrons. The quantitative estimate of drug-likeness (QED) is 0.824. The average Bonchev–Trinajstić information content (AvgIpc) is 2.38. The minimum Gasteiger partial charge on any atom is -0.481 e. The highest BCUT2D eigenvalue weighted by molar-refractivity contribution is 5.69. The van der Waals surface area contributed by atoms with E-state index in [4.69, 9.17) is 0 Å². The summed E-state index contributed by atoms with van der Waals surface area (Å²) < 4.78 is 13.5. The van der Waals surface area contributed by atoms with Crippen molar-refractivity contribution in [2.45, 2.75) is 39.2 Å². The van der Waals surface area contributed by atoms with E-state index in [-0.39, 0.29) is 12.2 Å². The van der Waals surface area contributed by atoms with E-state index in [0.717, 1.165) is 18.7 Å². The second-order valence-electron chi connectivity index (χ2n) is 4.64. The molecule has 1 aromatic carbocycles. The summed E-state index contributed by atoms with van der Waals surface area (Å²) in [7, 11) is 0. The van der Waals surface area contributed by atoms with Gasteiger partial charge in [-0.2, -0.15) is 0 Å². The fraction of sp³-hybridized carbons (Fsp3) is 0.533. The number of hydrogen-bond acceptors (Lipinski definition) is 2. The lowest BCUT2D eigenvalue weighted by Gasteiger charge is -2.42. The van der Waals surface area contributed by atoms with E-state index >= 15 is 0 Å². The van der Waals surface area contributed by atoms with Crippen molar-refractivity contribution < 1.29 is 14.3 Å². The van der Waals surface area contributed by atoms with E-state index in [1.165, 1.54) is 12.1 Å². The van der Waals surface area contributed by atoms with Crippen molar-refractivity contribution in [1.29, 1.82) is 0 Å². The highest BCUT2D eigenvalue weighted by Crippen LogP contribution is 2.35. The van der Waals surface area contributed by atoms with Crippen molar-refractivity contribution in [2.75, 3.05) is 13.1 Å². The molecule has 0 aliphatic carbocycles. The molecule has 1 atom stereocenters. The van der Waals surface area contributed by atoms with E-state index in [9.17, 15) is 14.3 Å². The number of benzene rings is 1. The highest BCUT2D eigenvalue weighted by atomic mass is 19.1. The number of carboxylic acid groups (broad SMARTS) is 1. The lowest BCUT2D eigenvalue weighted by atomic mass is 9.82. The van der Waals surface area contributed by atoms with Gasteiger partial charge in [0.2, 0.25) is 0 Å². The van der Waals surface area contributed by atoms with Gasteiger partial charge in [0.05, 0.1) is 12.0 Å². The van der Waals surface area contributed by atoms with Gasteiger partial charge in [-0.1, -0.05) is 32.9 Å². The number of carboxylic acids is 1. The molecular weight excluding hydrogens is 245 g/mol. The van der Waals surface area contributed by atoms with Crippen LogP contribution in [0.3, 0.4) is 0 Å². The van der Waals surface area contributed by atoms with Crippen LogP contribution in [0.1, 0.15) is 39.2 Å². The summed E-state index contributed by atoms with van der Waals surface area (Å²) in [5.74, 6) is -1.19. The molecule has 0 spiro atoms. The molecule has 1 unspecified atom stereocenters. The van der Waals surface area contributed by atoms with E-state index in [1.807, 2.05) is 26.8 Å². The molecule has 19 heavy (non-hydrogen) atoms. The van der Waals surface area contributed by atoms with Crippen LogP contribution in [0, 0.1) is 5.82 Å². The van der Waals surface area contributed by atoms with E-state index < -0.39 is 11.5 Å². The minimum absolute atomic E-state index is 0.0192. The van der Waals surface area contributed by atoms with Gasteiger partial charge in [0.25, 0.3) is 0 Å². The zero-order valence-electron chi connectivity index (χ0n) is 11.8. The minimum atomic E-state index is -0.863. The lowest BCUT2D eigenvalue weighted by molar-refractivity contribution is -0.141. The molecule has 0 amide bonds. The largest absolute Gasteiger partial charge is 0.481 e. The van der Waals surface area contributed by atoms with Gasteiger partial charge in [0, 0.05) is 0 Å². The average molecular weight is 267 g/mol.